The zero-order chi connectivity index (χ0) is 26.7. The molecule has 0 fully saturated rings. The Bertz CT molecular complexity index is 1290. The molecule has 0 bridgehead atoms. The van der Waals surface area contributed by atoms with Crippen LogP contribution in [-0.4, -0.2) is 25.4 Å². The normalized spacial score (nSPS) is 19.0. The Morgan fingerprint density at radius 2 is 1.13 bits per heavy atom. The summed E-state index contributed by atoms with van der Waals surface area (Å²) < 4.78 is 25.6. The minimum atomic E-state index is -0.266. The summed E-state index contributed by atoms with van der Waals surface area (Å²) in [7, 11) is 0. The molecule has 0 N–H and O–H groups in total. The second-order valence-corrected chi connectivity index (χ2v) is 9.95. The topological polar surface area (TPSA) is 36.9 Å². The van der Waals surface area contributed by atoms with Crippen molar-refractivity contribution in [2.24, 2.45) is 0 Å². The Labute approximate surface area is 231 Å². The first-order valence-electron chi connectivity index (χ1n) is 13.6. The molecular weight excluding hydrogens is 484 g/mol. The van der Waals surface area contributed by atoms with Crippen LogP contribution in [0.3, 0.4) is 0 Å². The van der Waals surface area contributed by atoms with Crippen molar-refractivity contribution in [1.29, 1.82) is 0 Å². The van der Waals surface area contributed by atoms with Gasteiger partial charge in [0.2, 0.25) is 0 Å². The van der Waals surface area contributed by atoms with E-state index in [9.17, 15) is 0 Å². The van der Waals surface area contributed by atoms with E-state index in [0.29, 0.717) is 33.0 Å². The van der Waals surface area contributed by atoms with E-state index in [-0.39, 0.29) is 18.3 Å². The zero-order valence-corrected chi connectivity index (χ0v) is 22.4. The highest BCUT2D eigenvalue weighted by Crippen LogP contribution is 2.35. The molecule has 0 amide bonds. The van der Waals surface area contributed by atoms with Crippen molar-refractivity contribution in [3.63, 3.8) is 0 Å². The van der Waals surface area contributed by atoms with Gasteiger partial charge >= 0.3 is 0 Å². The van der Waals surface area contributed by atoms with E-state index in [2.05, 4.69) is 73.7 Å². The third-order valence-electron chi connectivity index (χ3n) is 6.83. The van der Waals surface area contributed by atoms with Crippen molar-refractivity contribution in [2.45, 2.75) is 45.1 Å². The monoisotopic (exact) mass is 520 g/mol. The average Bonchev–Trinajstić information content (AvgIpc) is 2.99. The molecule has 5 rings (SSSR count). The van der Waals surface area contributed by atoms with Crippen LogP contribution in [0.4, 0.5) is 0 Å². The van der Waals surface area contributed by atoms with Crippen molar-refractivity contribution in [1.82, 2.24) is 0 Å². The van der Waals surface area contributed by atoms with Gasteiger partial charge in [0.05, 0.1) is 33.0 Å². The second-order valence-electron chi connectivity index (χ2n) is 9.95. The summed E-state index contributed by atoms with van der Waals surface area (Å²) in [4.78, 5) is 0. The van der Waals surface area contributed by atoms with Gasteiger partial charge in [0, 0.05) is 0 Å². The molecular formula is C35H36O4. The quantitative estimate of drug-likeness (QED) is 0.183. The summed E-state index contributed by atoms with van der Waals surface area (Å²) in [6, 6.07) is 39.2. The predicted molar refractivity (Wildman–Crippen MR) is 154 cm³/mol. The lowest BCUT2D eigenvalue weighted by Gasteiger charge is -2.36. The number of benzene rings is 4. The molecule has 1 aliphatic heterocycles. The van der Waals surface area contributed by atoms with Crippen LogP contribution in [-0.2, 0) is 38.8 Å². The third-order valence-corrected chi connectivity index (χ3v) is 6.83. The SMILES string of the molecule is Cc1ccc([C@@H]2O[C@H](COCc3ccccc3)[C@@H](OCc3ccccc3)C=C2COCc2ccccc2)cc1. The van der Waals surface area contributed by atoms with Crippen molar-refractivity contribution in [3.8, 4) is 0 Å². The maximum atomic E-state index is 6.77. The van der Waals surface area contributed by atoms with Crippen LogP contribution in [0.2, 0.25) is 0 Å². The molecule has 4 nitrogen and oxygen atoms in total. The molecule has 0 aromatic heterocycles. The van der Waals surface area contributed by atoms with Crippen molar-refractivity contribution < 1.29 is 18.9 Å². The Balaban J connectivity index is 1.35. The average molecular weight is 521 g/mol. The van der Waals surface area contributed by atoms with Crippen molar-refractivity contribution in [2.75, 3.05) is 13.2 Å². The van der Waals surface area contributed by atoms with Gasteiger partial charge in [-0.05, 0) is 40.8 Å². The van der Waals surface area contributed by atoms with Crippen LogP contribution in [0.25, 0.3) is 0 Å². The van der Waals surface area contributed by atoms with Gasteiger partial charge < -0.3 is 18.9 Å². The van der Waals surface area contributed by atoms with Gasteiger partial charge in [0.25, 0.3) is 0 Å². The van der Waals surface area contributed by atoms with E-state index in [1.165, 1.54) is 5.56 Å². The highest BCUT2D eigenvalue weighted by Gasteiger charge is 2.34. The minimum absolute atomic E-state index is 0.233. The van der Waals surface area contributed by atoms with Gasteiger partial charge in [-0.2, -0.15) is 0 Å². The van der Waals surface area contributed by atoms with Gasteiger partial charge in [-0.25, -0.2) is 0 Å². The molecule has 0 saturated carbocycles. The van der Waals surface area contributed by atoms with Gasteiger partial charge in [-0.3, -0.25) is 0 Å². The van der Waals surface area contributed by atoms with Crippen molar-refractivity contribution >= 4 is 0 Å². The molecule has 0 aliphatic carbocycles. The van der Waals surface area contributed by atoms with E-state index >= 15 is 0 Å². The molecule has 4 aromatic carbocycles. The van der Waals surface area contributed by atoms with Crippen LogP contribution >= 0.6 is 0 Å². The van der Waals surface area contributed by atoms with Crippen LogP contribution < -0.4 is 0 Å². The summed E-state index contributed by atoms with van der Waals surface area (Å²) in [5.74, 6) is 0. The maximum absolute atomic E-state index is 6.77. The fourth-order valence-corrected chi connectivity index (χ4v) is 4.69. The summed E-state index contributed by atoms with van der Waals surface area (Å²) >= 11 is 0. The number of hydrogen-bond acceptors (Lipinski definition) is 4. The van der Waals surface area contributed by atoms with E-state index in [1.807, 2.05) is 54.6 Å². The molecule has 0 saturated heterocycles. The number of rotatable bonds is 12. The summed E-state index contributed by atoms with van der Waals surface area (Å²) in [6.45, 7) is 4.53. The van der Waals surface area contributed by atoms with E-state index in [1.54, 1.807) is 0 Å². The standard InChI is InChI=1S/C35H36O4/c1-27-17-19-31(20-18-27)35-32(25-36-22-28-11-5-2-6-12-28)21-33(38-24-30-15-9-4-10-16-30)34(39-35)26-37-23-29-13-7-3-8-14-29/h2-21,33-35H,22-26H2,1H3/t33-,34+,35-/m0/s1. The predicted octanol–water partition coefficient (Wildman–Crippen LogP) is 7.38. The van der Waals surface area contributed by atoms with Crippen LogP contribution in [0.5, 0.6) is 0 Å². The second kappa shape index (κ2) is 14.0. The van der Waals surface area contributed by atoms with Crippen molar-refractivity contribution in [3.05, 3.63) is 155 Å². The Kier molecular flexibility index (Phi) is 9.72. The van der Waals surface area contributed by atoms with Crippen LogP contribution in [0.1, 0.15) is 33.9 Å². The Morgan fingerprint density at radius 1 is 0.590 bits per heavy atom. The number of ether oxygens (including phenoxy) is 4. The van der Waals surface area contributed by atoms with E-state index in [4.69, 9.17) is 18.9 Å². The molecule has 0 radical (unpaired) electrons. The summed E-state index contributed by atoms with van der Waals surface area (Å²) in [5, 5.41) is 0. The Morgan fingerprint density at radius 3 is 1.72 bits per heavy atom. The molecule has 1 aliphatic rings. The van der Waals surface area contributed by atoms with Gasteiger partial charge in [0.1, 0.15) is 18.3 Å². The molecule has 0 spiro atoms. The molecule has 200 valence electrons. The summed E-state index contributed by atoms with van der Waals surface area (Å²) in [5.41, 5.74) is 6.78. The van der Waals surface area contributed by atoms with Crippen LogP contribution in [0, 0.1) is 6.92 Å². The molecule has 3 atom stereocenters. The fraction of sp³-hybridized carbons (Fsp3) is 0.257. The first-order chi connectivity index (χ1) is 19.2. The van der Waals surface area contributed by atoms with E-state index in [0.717, 1.165) is 27.8 Å². The number of aryl methyl sites for hydroxylation is 1. The largest absolute Gasteiger partial charge is 0.374 e. The molecule has 4 aromatic rings. The first-order valence-corrected chi connectivity index (χ1v) is 13.6. The van der Waals surface area contributed by atoms with E-state index < -0.39 is 0 Å². The molecule has 1 heterocycles. The minimum Gasteiger partial charge on any atom is -0.374 e. The van der Waals surface area contributed by atoms with Gasteiger partial charge in [-0.1, -0.05) is 121 Å². The Hall–Kier alpha value is -3.54. The molecule has 39 heavy (non-hydrogen) atoms. The van der Waals surface area contributed by atoms with Gasteiger partial charge in [-0.15, -0.1) is 0 Å². The first kappa shape index (κ1) is 27.0. The fourth-order valence-electron chi connectivity index (χ4n) is 4.69. The smallest absolute Gasteiger partial charge is 0.112 e. The lowest BCUT2D eigenvalue weighted by molar-refractivity contribution is -0.126. The maximum Gasteiger partial charge on any atom is 0.112 e. The number of hydrogen-bond donors (Lipinski definition) is 0. The lowest BCUT2D eigenvalue weighted by atomic mass is 9.95. The van der Waals surface area contributed by atoms with Gasteiger partial charge in [0.15, 0.2) is 0 Å². The van der Waals surface area contributed by atoms with Crippen LogP contribution in [0.15, 0.2) is 127 Å². The highest BCUT2D eigenvalue weighted by atomic mass is 16.6. The summed E-state index contributed by atoms with van der Waals surface area (Å²) in [6.07, 6.45) is 1.43. The molecule has 4 heteroatoms. The lowest BCUT2D eigenvalue weighted by Crippen LogP contribution is -2.40. The molecule has 0 unspecified atom stereocenters. The zero-order valence-electron chi connectivity index (χ0n) is 22.4. The highest BCUT2D eigenvalue weighted by molar-refractivity contribution is 5.32. The third kappa shape index (κ3) is 7.98.